The first-order valence-electron chi connectivity index (χ1n) is 8.87. The molecule has 3 heterocycles. The van der Waals surface area contributed by atoms with Gasteiger partial charge in [0.2, 0.25) is 5.95 Å². The minimum atomic E-state index is -0.289. The molecule has 0 radical (unpaired) electrons. The first-order valence-corrected chi connectivity index (χ1v) is 8.87. The Morgan fingerprint density at radius 1 is 1.12 bits per heavy atom. The van der Waals surface area contributed by atoms with Crippen molar-refractivity contribution in [2.75, 3.05) is 0 Å². The number of hydrogen-bond acceptors (Lipinski definition) is 5. The summed E-state index contributed by atoms with van der Waals surface area (Å²) in [4.78, 5) is 26.6. The van der Waals surface area contributed by atoms with E-state index in [4.69, 9.17) is 4.99 Å². The molecule has 6 nitrogen and oxygen atoms in total. The predicted octanol–water partition coefficient (Wildman–Crippen LogP) is 3.51. The van der Waals surface area contributed by atoms with Crippen LogP contribution in [0.25, 0.3) is 10.9 Å². The molecule has 2 atom stereocenters. The van der Waals surface area contributed by atoms with E-state index in [2.05, 4.69) is 35.0 Å². The molecular weight excluding hydrogens is 326 g/mol. The molecule has 1 saturated carbocycles. The normalized spacial score (nSPS) is 24.1. The van der Waals surface area contributed by atoms with E-state index in [1.807, 2.05) is 24.3 Å². The van der Waals surface area contributed by atoms with Gasteiger partial charge < -0.3 is 0 Å². The molecule has 1 aliphatic carbocycles. The van der Waals surface area contributed by atoms with Gasteiger partial charge in [-0.2, -0.15) is 10.1 Å². The number of aliphatic imine (C=N–C) groups is 1. The molecule has 0 saturated heterocycles. The number of carbonyl (C=O) groups excluding carboxylic acids is 1. The van der Waals surface area contributed by atoms with Crippen molar-refractivity contribution >= 4 is 28.3 Å². The van der Waals surface area contributed by atoms with Crippen LogP contribution in [-0.4, -0.2) is 31.2 Å². The fraction of sp³-hybridized carbons (Fsp3) is 0.350. The Kier molecular flexibility index (Phi) is 3.13. The highest BCUT2D eigenvalue weighted by Crippen LogP contribution is 2.45. The zero-order chi connectivity index (χ0) is 17.9. The number of hydrogen-bond donors (Lipinski definition) is 0. The lowest BCUT2D eigenvalue weighted by molar-refractivity contribution is -0.124. The van der Waals surface area contributed by atoms with E-state index >= 15 is 0 Å². The largest absolute Gasteiger partial charge is 0.299 e. The van der Waals surface area contributed by atoms with E-state index in [-0.39, 0.29) is 23.2 Å². The number of ketones is 1. The van der Waals surface area contributed by atoms with E-state index in [1.54, 1.807) is 10.9 Å². The molecule has 0 spiro atoms. The van der Waals surface area contributed by atoms with Crippen LogP contribution in [0.5, 0.6) is 0 Å². The second kappa shape index (κ2) is 5.30. The maximum atomic E-state index is 13.1. The number of para-hydroxylation sites is 1. The van der Waals surface area contributed by atoms with Gasteiger partial charge in [-0.3, -0.25) is 9.78 Å². The van der Waals surface area contributed by atoms with Gasteiger partial charge in [0.05, 0.1) is 17.5 Å². The summed E-state index contributed by atoms with van der Waals surface area (Å²) in [7, 11) is 0. The van der Waals surface area contributed by atoms with Gasteiger partial charge in [0.1, 0.15) is 12.1 Å². The van der Waals surface area contributed by atoms with Gasteiger partial charge in [-0.1, -0.05) is 32.0 Å². The van der Waals surface area contributed by atoms with Crippen molar-refractivity contribution in [3.05, 3.63) is 48.4 Å². The van der Waals surface area contributed by atoms with Crippen LogP contribution in [0.3, 0.4) is 0 Å². The maximum absolute atomic E-state index is 13.1. The predicted molar refractivity (Wildman–Crippen MR) is 98.5 cm³/mol. The van der Waals surface area contributed by atoms with Crippen molar-refractivity contribution in [2.24, 2.45) is 16.3 Å². The molecule has 0 N–H and O–H groups in total. The summed E-state index contributed by atoms with van der Waals surface area (Å²) in [6, 6.07) is 9.79. The quantitative estimate of drug-likeness (QED) is 0.676. The van der Waals surface area contributed by atoms with Gasteiger partial charge in [0, 0.05) is 23.7 Å². The fourth-order valence-electron chi connectivity index (χ4n) is 4.37. The van der Waals surface area contributed by atoms with Crippen molar-refractivity contribution in [2.45, 2.75) is 32.7 Å². The number of nitrogens with zero attached hydrogens (tertiary/aromatic N) is 5. The number of aromatic nitrogens is 4. The van der Waals surface area contributed by atoms with Gasteiger partial charge in [-0.25, -0.2) is 9.67 Å². The van der Waals surface area contributed by atoms with E-state index in [9.17, 15) is 4.79 Å². The summed E-state index contributed by atoms with van der Waals surface area (Å²) in [5.74, 6) is 0.516. The molecule has 2 unspecified atom stereocenters. The Hall–Kier alpha value is -2.89. The third-order valence-electron chi connectivity index (χ3n) is 5.40. The summed E-state index contributed by atoms with van der Waals surface area (Å²) in [5, 5.41) is 5.45. The van der Waals surface area contributed by atoms with Crippen LogP contribution in [0.1, 0.15) is 38.3 Å². The molecule has 2 aliphatic rings. The van der Waals surface area contributed by atoms with Crippen molar-refractivity contribution in [1.29, 1.82) is 0 Å². The molecule has 26 heavy (non-hydrogen) atoms. The number of benzene rings is 1. The first kappa shape index (κ1) is 15.4. The average molecular weight is 345 g/mol. The van der Waals surface area contributed by atoms with Crippen molar-refractivity contribution in [3.63, 3.8) is 0 Å². The summed E-state index contributed by atoms with van der Waals surface area (Å²) >= 11 is 0. The lowest BCUT2D eigenvalue weighted by Gasteiger charge is -2.40. The number of fused-ring (bicyclic) bond motifs is 3. The highest BCUT2D eigenvalue weighted by molar-refractivity contribution is 6.10. The summed E-state index contributed by atoms with van der Waals surface area (Å²) in [6.45, 7) is 4.25. The summed E-state index contributed by atoms with van der Waals surface area (Å²) in [6.07, 6.45) is 4.68. The average Bonchev–Trinajstić information content (AvgIpc) is 3.06. The molecule has 1 aliphatic heterocycles. The van der Waals surface area contributed by atoms with Crippen LogP contribution >= 0.6 is 0 Å². The SMILES string of the molecule is CC1(C)CC(=O)C2C(=Nc3ncnn3C2c2ccnc3ccccc23)C1. The van der Waals surface area contributed by atoms with Gasteiger partial charge in [-0.15, -0.1) is 0 Å². The van der Waals surface area contributed by atoms with E-state index in [1.165, 1.54) is 6.33 Å². The second-order valence-corrected chi connectivity index (χ2v) is 7.93. The molecule has 6 heteroatoms. The smallest absolute Gasteiger partial charge is 0.248 e. The first-order chi connectivity index (χ1) is 12.5. The Labute approximate surface area is 151 Å². The number of pyridine rings is 1. The van der Waals surface area contributed by atoms with E-state index in [0.29, 0.717) is 12.4 Å². The third-order valence-corrected chi connectivity index (χ3v) is 5.40. The Morgan fingerprint density at radius 2 is 1.96 bits per heavy atom. The van der Waals surface area contributed by atoms with Crippen LogP contribution in [-0.2, 0) is 4.79 Å². The molecule has 1 fully saturated rings. The standard InChI is InChI=1S/C20H19N5O/c1-20(2)9-15-17(16(26)10-20)18(25-19(24-15)22-11-23-25)13-7-8-21-14-6-4-3-5-12(13)14/h3-8,11,17-18H,9-10H2,1-2H3. The van der Waals surface area contributed by atoms with Gasteiger partial charge in [-0.05, 0) is 29.5 Å². The van der Waals surface area contributed by atoms with Crippen molar-refractivity contribution in [3.8, 4) is 0 Å². The van der Waals surface area contributed by atoms with Gasteiger partial charge >= 0.3 is 0 Å². The lowest BCUT2D eigenvalue weighted by atomic mass is 9.67. The molecular formula is C20H19N5O. The summed E-state index contributed by atoms with van der Waals surface area (Å²) in [5.41, 5.74) is 2.82. The number of carbonyl (C=O) groups is 1. The second-order valence-electron chi connectivity index (χ2n) is 7.93. The lowest BCUT2D eigenvalue weighted by Crippen LogP contribution is -2.44. The van der Waals surface area contributed by atoms with Gasteiger partial charge in [0.25, 0.3) is 0 Å². The zero-order valence-electron chi connectivity index (χ0n) is 14.8. The van der Waals surface area contributed by atoms with Gasteiger partial charge in [0.15, 0.2) is 0 Å². The van der Waals surface area contributed by atoms with Crippen molar-refractivity contribution in [1.82, 2.24) is 19.7 Å². The third kappa shape index (κ3) is 2.21. The molecule has 3 aromatic rings. The highest BCUT2D eigenvalue weighted by atomic mass is 16.1. The van der Waals surface area contributed by atoms with E-state index in [0.717, 1.165) is 28.6 Å². The van der Waals surface area contributed by atoms with Crippen LogP contribution in [0.15, 0.2) is 47.8 Å². The molecule has 5 rings (SSSR count). The van der Waals surface area contributed by atoms with Crippen LogP contribution < -0.4 is 0 Å². The number of Topliss-reactive ketones (excluding diaryl/α,β-unsaturated/α-hetero) is 1. The topological polar surface area (TPSA) is 73.0 Å². The van der Waals surface area contributed by atoms with Crippen LogP contribution in [0, 0.1) is 11.3 Å². The minimum Gasteiger partial charge on any atom is -0.299 e. The minimum absolute atomic E-state index is 0.0700. The maximum Gasteiger partial charge on any atom is 0.248 e. The Morgan fingerprint density at radius 3 is 2.85 bits per heavy atom. The zero-order valence-corrected chi connectivity index (χ0v) is 14.8. The summed E-state index contributed by atoms with van der Waals surface area (Å²) < 4.78 is 1.80. The fourth-order valence-corrected chi connectivity index (χ4v) is 4.37. The number of rotatable bonds is 1. The highest BCUT2D eigenvalue weighted by Gasteiger charge is 2.46. The monoisotopic (exact) mass is 345 g/mol. The molecule has 2 aromatic heterocycles. The molecule has 1 aromatic carbocycles. The molecule has 0 amide bonds. The van der Waals surface area contributed by atoms with Crippen LogP contribution in [0.2, 0.25) is 0 Å². The Balaban J connectivity index is 1.75. The Bertz CT molecular complexity index is 1060. The van der Waals surface area contributed by atoms with E-state index < -0.39 is 0 Å². The van der Waals surface area contributed by atoms with Crippen molar-refractivity contribution < 1.29 is 4.79 Å². The molecule has 130 valence electrons. The molecule has 0 bridgehead atoms. The van der Waals surface area contributed by atoms with Crippen LogP contribution in [0.4, 0.5) is 5.95 Å².